The minimum absolute atomic E-state index is 0.262. The van der Waals surface area contributed by atoms with Crippen LogP contribution in [0.15, 0.2) is 35.5 Å². The largest absolute Gasteiger partial charge is 0.497 e. The van der Waals surface area contributed by atoms with Gasteiger partial charge in [0.05, 0.1) is 19.8 Å². The zero-order valence-corrected chi connectivity index (χ0v) is 13.2. The predicted octanol–water partition coefficient (Wildman–Crippen LogP) is 2.23. The zero-order valence-electron chi connectivity index (χ0n) is 13.2. The first kappa shape index (κ1) is 15.9. The highest BCUT2D eigenvalue weighted by Gasteiger charge is 2.33. The molecule has 0 radical (unpaired) electrons. The quantitative estimate of drug-likeness (QED) is 0.866. The molecule has 1 aromatic rings. The Hall–Kier alpha value is -2.50. The molecule has 2 amide bonds. The van der Waals surface area contributed by atoms with Crippen LogP contribution in [0.25, 0.3) is 0 Å². The molecule has 0 bridgehead atoms. The van der Waals surface area contributed by atoms with Crippen molar-refractivity contribution < 1.29 is 19.1 Å². The van der Waals surface area contributed by atoms with Crippen molar-refractivity contribution >= 4 is 12.0 Å². The number of ether oxygens (including phenoxy) is 2. The number of carbonyl (C=O) groups is 2. The lowest BCUT2D eigenvalue weighted by Gasteiger charge is -2.33. The number of rotatable bonds is 4. The number of nitrogens with zero attached hydrogens (tertiary/aromatic N) is 1. The van der Waals surface area contributed by atoms with Gasteiger partial charge in [-0.05, 0) is 37.1 Å². The van der Waals surface area contributed by atoms with Gasteiger partial charge in [-0.2, -0.15) is 0 Å². The van der Waals surface area contributed by atoms with Crippen LogP contribution in [-0.2, 0) is 9.53 Å². The summed E-state index contributed by atoms with van der Waals surface area (Å²) in [6.07, 6.45) is 0. The summed E-state index contributed by atoms with van der Waals surface area (Å²) < 4.78 is 10.2. The number of hydrogen-bond donors (Lipinski definition) is 1. The van der Waals surface area contributed by atoms with Gasteiger partial charge >= 0.3 is 12.0 Å². The van der Waals surface area contributed by atoms with E-state index >= 15 is 0 Å². The fraction of sp³-hybridized carbons (Fsp3) is 0.375. The number of urea groups is 1. The van der Waals surface area contributed by atoms with E-state index in [2.05, 4.69) is 5.32 Å². The molecule has 1 N–H and O–H groups in total. The number of methoxy groups -OCH3 is 1. The maximum Gasteiger partial charge on any atom is 0.355 e. The third kappa shape index (κ3) is 2.90. The molecule has 1 heterocycles. The molecule has 6 nitrogen and oxygen atoms in total. The number of likely N-dealkylation sites (N-methyl/N-ethyl adjacent to an activating group) is 1. The first-order chi connectivity index (χ1) is 10.5. The fourth-order valence-corrected chi connectivity index (χ4v) is 2.46. The van der Waals surface area contributed by atoms with Crippen LogP contribution in [0.2, 0.25) is 0 Å². The van der Waals surface area contributed by atoms with E-state index in [1.807, 2.05) is 31.2 Å². The molecule has 0 spiro atoms. The molecule has 6 heteroatoms. The van der Waals surface area contributed by atoms with Crippen molar-refractivity contribution in [2.75, 3.05) is 20.8 Å². The molecule has 0 saturated heterocycles. The van der Waals surface area contributed by atoms with Crippen molar-refractivity contribution in [2.45, 2.75) is 19.9 Å². The second kappa shape index (κ2) is 6.51. The Morgan fingerprint density at radius 2 is 1.95 bits per heavy atom. The van der Waals surface area contributed by atoms with Crippen LogP contribution in [0.4, 0.5) is 4.79 Å². The minimum atomic E-state index is -0.490. The van der Waals surface area contributed by atoms with Crippen molar-refractivity contribution in [1.29, 1.82) is 0 Å². The van der Waals surface area contributed by atoms with Crippen LogP contribution in [0, 0.1) is 0 Å². The van der Waals surface area contributed by atoms with Crippen molar-refractivity contribution in [3.63, 3.8) is 0 Å². The van der Waals surface area contributed by atoms with Gasteiger partial charge in [0.1, 0.15) is 11.4 Å². The number of amides is 2. The van der Waals surface area contributed by atoms with Gasteiger partial charge in [-0.3, -0.25) is 4.90 Å². The number of hydrogen-bond acceptors (Lipinski definition) is 4. The van der Waals surface area contributed by atoms with Crippen molar-refractivity contribution in [3.8, 4) is 5.75 Å². The molecule has 0 saturated carbocycles. The molecule has 2 rings (SSSR count). The third-order valence-corrected chi connectivity index (χ3v) is 3.63. The highest BCUT2D eigenvalue weighted by Crippen LogP contribution is 2.30. The van der Waals surface area contributed by atoms with E-state index in [0.29, 0.717) is 0 Å². The van der Waals surface area contributed by atoms with Crippen LogP contribution in [0.1, 0.15) is 25.5 Å². The Kier molecular flexibility index (Phi) is 4.70. The second-order valence-electron chi connectivity index (χ2n) is 4.97. The lowest BCUT2D eigenvalue weighted by atomic mass is 9.96. The highest BCUT2D eigenvalue weighted by atomic mass is 16.5. The average Bonchev–Trinajstić information content (AvgIpc) is 2.51. The van der Waals surface area contributed by atoms with E-state index < -0.39 is 5.97 Å². The molecule has 118 valence electrons. The maximum atomic E-state index is 12.1. The van der Waals surface area contributed by atoms with E-state index in [1.54, 1.807) is 21.1 Å². The zero-order chi connectivity index (χ0) is 16.3. The van der Waals surface area contributed by atoms with Crippen LogP contribution in [0.3, 0.4) is 0 Å². The standard InChI is InChI=1S/C16H20N2O4/c1-5-22-15(19)14-10(2)13(17-16(20)18(14)3)11-6-8-12(21-4)9-7-11/h6-9,13H,5H2,1-4H3,(H,17,20)/t13-/m0/s1. The third-order valence-electron chi connectivity index (χ3n) is 3.63. The SMILES string of the molecule is CCOC(=O)C1=C(C)[C@@H](c2ccc(OC)cc2)NC(=O)N1C. The van der Waals surface area contributed by atoms with E-state index in [-0.39, 0.29) is 24.4 Å². The minimum Gasteiger partial charge on any atom is -0.497 e. The summed E-state index contributed by atoms with van der Waals surface area (Å²) in [4.78, 5) is 25.5. The Balaban J connectivity index is 2.41. The monoisotopic (exact) mass is 304 g/mol. The summed E-state index contributed by atoms with van der Waals surface area (Å²) in [6, 6.07) is 6.65. The van der Waals surface area contributed by atoms with Crippen LogP contribution < -0.4 is 10.1 Å². The molecule has 0 fully saturated rings. The van der Waals surface area contributed by atoms with Crippen molar-refractivity contribution in [1.82, 2.24) is 10.2 Å². The van der Waals surface area contributed by atoms with Crippen molar-refractivity contribution in [3.05, 3.63) is 41.1 Å². The van der Waals surface area contributed by atoms with Gasteiger partial charge in [-0.1, -0.05) is 12.1 Å². The van der Waals surface area contributed by atoms with Gasteiger partial charge in [0.15, 0.2) is 0 Å². The summed E-state index contributed by atoms with van der Waals surface area (Å²) >= 11 is 0. The lowest BCUT2D eigenvalue weighted by molar-refractivity contribution is -0.140. The summed E-state index contributed by atoms with van der Waals surface area (Å²) in [5.41, 5.74) is 1.90. The van der Waals surface area contributed by atoms with Gasteiger partial charge in [0.25, 0.3) is 0 Å². The molecule has 1 aliphatic rings. The number of benzene rings is 1. The highest BCUT2D eigenvalue weighted by molar-refractivity contribution is 5.96. The Morgan fingerprint density at radius 1 is 1.32 bits per heavy atom. The predicted molar refractivity (Wildman–Crippen MR) is 81.4 cm³/mol. The molecule has 22 heavy (non-hydrogen) atoms. The van der Waals surface area contributed by atoms with E-state index in [4.69, 9.17) is 9.47 Å². The summed E-state index contributed by atoms with van der Waals surface area (Å²) in [6.45, 7) is 3.81. The number of esters is 1. The number of nitrogens with one attached hydrogen (secondary N) is 1. The van der Waals surface area contributed by atoms with Crippen LogP contribution in [-0.4, -0.2) is 37.7 Å². The Bertz CT molecular complexity index is 607. The van der Waals surface area contributed by atoms with Gasteiger partial charge in [0, 0.05) is 7.05 Å². The second-order valence-corrected chi connectivity index (χ2v) is 4.97. The van der Waals surface area contributed by atoms with E-state index in [1.165, 1.54) is 4.90 Å². The lowest BCUT2D eigenvalue weighted by Crippen LogP contribution is -2.46. The average molecular weight is 304 g/mol. The van der Waals surface area contributed by atoms with Crippen molar-refractivity contribution in [2.24, 2.45) is 0 Å². The van der Waals surface area contributed by atoms with E-state index in [0.717, 1.165) is 16.9 Å². The number of carbonyl (C=O) groups excluding carboxylic acids is 2. The van der Waals surface area contributed by atoms with Gasteiger partial charge in [0.2, 0.25) is 0 Å². The first-order valence-electron chi connectivity index (χ1n) is 7.05. The topological polar surface area (TPSA) is 67.9 Å². The van der Waals surface area contributed by atoms with Crippen LogP contribution >= 0.6 is 0 Å². The molecule has 0 aromatic heterocycles. The molecule has 0 aliphatic carbocycles. The summed E-state index contributed by atoms with van der Waals surface area (Å²) in [5.74, 6) is 0.242. The molecular weight excluding hydrogens is 284 g/mol. The normalized spacial score (nSPS) is 18.1. The summed E-state index contributed by atoms with van der Waals surface area (Å²) in [7, 11) is 3.14. The van der Waals surface area contributed by atoms with Crippen LogP contribution in [0.5, 0.6) is 5.75 Å². The van der Waals surface area contributed by atoms with Gasteiger partial charge in [-0.15, -0.1) is 0 Å². The molecule has 1 atom stereocenters. The first-order valence-corrected chi connectivity index (χ1v) is 7.05. The molecule has 0 unspecified atom stereocenters. The molecule has 1 aliphatic heterocycles. The molecular formula is C16H20N2O4. The summed E-state index contributed by atoms with van der Waals surface area (Å²) in [5, 5.41) is 2.88. The fourth-order valence-electron chi connectivity index (χ4n) is 2.46. The Labute approximate surface area is 129 Å². The smallest absolute Gasteiger partial charge is 0.355 e. The molecule has 1 aromatic carbocycles. The maximum absolute atomic E-state index is 12.1. The van der Waals surface area contributed by atoms with Gasteiger partial charge < -0.3 is 14.8 Å². The van der Waals surface area contributed by atoms with E-state index in [9.17, 15) is 9.59 Å². The van der Waals surface area contributed by atoms with Gasteiger partial charge in [-0.25, -0.2) is 9.59 Å². The Morgan fingerprint density at radius 3 is 2.50 bits per heavy atom.